The number of aliphatic hydroxyl groups is 1. The Morgan fingerprint density at radius 2 is 1.97 bits per heavy atom. The van der Waals surface area contributed by atoms with Gasteiger partial charge in [-0.05, 0) is 30.7 Å². The van der Waals surface area contributed by atoms with Gasteiger partial charge in [-0.3, -0.25) is 24.6 Å². The molecule has 0 aliphatic carbocycles. The molecule has 3 amide bonds. The molecule has 3 N–H and O–H groups in total. The Labute approximate surface area is 193 Å². The van der Waals surface area contributed by atoms with Gasteiger partial charge in [0.05, 0.1) is 35.2 Å². The fourth-order valence-corrected chi connectivity index (χ4v) is 5.80. The first kappa shape index (κ1) is 20.5. The summed E-state index contributed by atoms with van der Waals surface area (Å²) in [6.45, 7) is 1.68. The van der Waals surface area contributed by atoms with Crippen molar-refractivity contribution >= 4 is 35.0 Å². The van der Waals surface area contributed by atoms with Gasteiger partial charge in [0.15, 0.2) is 11.5 Å². The minimum Gasteiger partial charge on any atom is -0.454 e. The fourth-order valence-electron chi connectivity index (χ4n) is 5.58. The Balaban J connectivity index is 1.43. The number of carbonyl (C=O) groups excluding carboxylic acids is 3. The number of benzene rings is 2. The van der Waals surface area contributed by atoms with Crippen molar-refractivity contribution in [2.45, 2.75) is 31.2 Å². The Hall–Kier alpha value is -3.14. The number of hydrogen-bond acceptors (Lipinski definition) is 7. The Morgan fingerprint density at radius 3 is 2.76 bits per heavy atom. The van der Waals surface area contributed by atoms with Crippen LogP contribution >= 0.6 is 11.6 Å². The van der Waals surface area contributed by atoms with Crippen LogP contribution in [0.1, 0.15) is 18.1 Å². The molecule has 0 aromatic heterocycles. The summed E-state index contributed by atoms with van der Waals surface area (Å²) in [6.07, 6.45) is -0.977. The van der Waals surface area contributed by atoms with E-state index in [4.69, 9.17) is 21.1 Å². The zero-order valence-electron chi connectivity index (χ0n) is 17.5. The van der Waals surface area contributed by atoms with Crippen molar-refractivity contribution < 1.29 is 29.0 Å². The SMILES string of the molecule is C[C@@H](O)[C@@H]1N[C@]2(C(=O)Nc3c(Cl)cccc32)[C@@H]2C(=O)N(Cc3ccc4c(c3)OCO4)C(=O)[C@@H]12. The second-order valence-corrected chi connectivity index (χ2v) is 9.20. The number of rotatable bonds is 3. The number of halogens is 1. The monoisotopic (exact) mass is 469 g/mol. The van der Waals surface area contributed by atoms with Crippen molar-refractivity contribution in [3.05, 3.63) is 52.5 Å². The minimum absolute atomic E-state index is 0.0218. The van der Waals surface area contributed by atoms with E-state index >= 15 is 0 Å². The summed E-state index contributed by atoms with van der Waals surface area (Å²) >= 11 is 6.31. The predicted molar refractivity (Wildman–Crippen MR) is 115 cm³/mol. The first-order valence-electron chi connectivity index (χ1n) is 10.6. The van der Waals surface area contributed by atoms with Crippen LogP contribution in [0.3, 0.4) is 0 Å². The summed E-state index contributed by atoms with van der Waals surface area (Å²) in [7, 11) is 0. The molecule has 0 radical (unpaired) electrons. The lowest BCUT2D eigenvalue weighted by atomic mass is 9.76. The van der Waals surface area contributed by atoms with E-state index in [1.807, 2.05) is 0 Å². The average Bonchev–Trinajstić information content (AvgIpc) is 3.51. The van der Waals surface area contributed by atoms with Crippen molar-refractivity contribution in [3.8, 4) is 11.5 Å². The quantitative estimate of drug-likeness (QED) is 0.581. The maximum absolute atomic E-state index is 13.7. The van der Waals surface area contributed by atoms with Gasteiger partial charge in [0.25, 0.3) is 0 Å². The highest BCUT2D eigenvalue weighted by atomic mass is 35.5. The number of amides is 3. The number of para-hydroxylation sites is 1. The minimum atomic E-state index is -1.50. The van der Waals surface area contributed by atoms with Crippen molar-refractivity contribution in [3.63, 3.8) is 0 Å². The molecule has 33 heavy (non-hydrogen) atoms. The summed E-state index contributed by atoms with van der Waals surface area (Å²) in [5.74, 6) is -2.13. The van der Waals surface area contributed by atoms with Gasteiger partial charge in [0, 0.05) is 11.6 Å². The molecule has 9 nitrogen and oxygen atoms in total. The summed E-state index contributed by atoms with van der Waals surface area (Å²) in [4.78, 5) is 41.7. The second-order valence-electron chi connectivity index (χ2n) is 8.79. The third kappa shape index (κ3) is 2.64. The molecular weight excluding hydrogens is 450 g/mol. The zero-order chi connectivity index (χ0) is 23.1. The van der Waals surface area contributed by atoms with Gasteiger partial charge in [-0.2, -0.15) is 0 Å². The molecule has 4 aliphatic heterocycles. The molecule has 5 atom stereocenters. The number of anilines is 1. The second kappa shape index (κ2) is 6.93. The summed E-state index contributed by atoms with van der Waals surface area (Å²) in [6, 6.07) is 9.49. The van der Waals surface area contributed by atoms with E-state index in [0.717, 1.165) is 0 Å². The predicted octanol–water partition coefficient (Wildman–Crippen LogP) is 1.37. The van der Waals surface area contributed by atoms with Gasteiger partial charge in [0.2, 0.25) is 24.5 Å². The molecule has 6 rings (SSSR count). The zero-order valence-corrected chi connectivity index (χ0v) is 18.3. The standard InChI is InChI=1S/C23H20ClN3O6/c1-10(28)18-16-17(23(26-18)12-3-2-4-13(24)19(12)25-22(23)31)21(30)27(20(16)29)8-11-5-6-14-15(7-11)33-9-32-14/h2-7,10,16-18,26,28H,8-9H2,1H3,(H,25,31)/t10-,16-,17+,18+,23+/m1/s1. The normalized spacial score (nSPS) is 30.1. The van der Waals surface area contributed by atoms with Crippen molar-refractivity contribution in [2.24, 2.45) is 11.8 Å². The lowest BCUT2D eigenvalue weighted by molar-refractivity contribution is -0.143. The number of hydrogen-bond donors (Lipinski definition) is 3. The molecule has 0 unspecified atom stereocenters. The van der Waals surface area contributed by atoms with Gasteiger partial charge >= 0.3 is 0 Å². The van der Waals surface area contributed by atoms with Crippen LogP contribution in [0.4, 0.5) is 5.69 Å². The fraction of sp³-hybridized carbons (Fsp3) is 0.348. The third-order valence-electron chi connectivity index (χ3n) is 7.02. The molecule has 4 aliphatic rings. The summed E-state index contributed by atoms with van der Waals surface area (Å²) in [5, 5.41) is 16.7. The van der Waals surface area contributed by atoms with E-state index in [9.17, 15) is 19.5 Å². The number of nitrogens with one attached hydrogen (secondary N) is 2. The van der Waals surface area contributed by atoms with Crippen molar-refractivity contribution in [1.82, 2.24) is 10.2 Å². The molecule has 2 fully saturated rings. The number of likely N-dealkylation sites (tertiary alicyclic amines) is 1. The summed E-state index contributed by atoms with van der Waals surface area (Å²) in [5.41, 5.74) is 0.111. The Morgan fingerprint density at radius 1 is 1.18 bits per heavy atom. The number of nitrogens with zero attached hydrogens (tertiary/aromatic N) is 1. The lowest BCUT2D eigenvalue weighted by Crippen LogP contribution is -2.54. The highest BCUT2D eigenvalue weighted by Crippen LogP contribution is 2.54. The van der Waals surface area contributed by atoms with E-state index < -0.39 is 47.2 Å². The molecule has 2 aromatic carbocycles. The molecular formula is C23H20ClN3O6. The van der Waals surface area contributed by atoms with Gasteiger partial charge in [-0.1, -0.05) is 29.8 Å². The smallest absolute Gasteiger partial charge is 0.250 e. The van der Waals surface area contributed by atoms with Gasteiger partial charge in [-0.25, -0.2) is 0 Å². The lowest BCUT2D eigenvalue weighted by Gasteiger charge is -2.30. The molecule has 0 saturated carbocycles. The maximum Gasteiger partial charge on any atom is 0.250 e. The van der Waals surface area contributed by atoms with Crippen LogP contribution in [0, 0.1) is 11.8 Å². The first-order valence-corrected chi connectivity index (χ1v) is 11.0. The largest absolute Gasteiger partial charge is 0.454 e. The van der Waals surface area contributed by atoms with E-state index in [0.29, 0.717) is 33.3 Å². The van der Waals surface area contributed by atoms with Gasteiger partial charge in [0.1, 0.15) is 5.54 Å². The number of ether oxygens (including phenoxy) is 2. The molecule has 2 aromatic rings. The van der Waals surface area contributed by atoms with Gasteiger partial charge in [-0.15, -0.1) is 0 Å². The molecule has 170 valence electrons. The summed E-state index contributed by atoms with van der Waals surface area (Å²) < 4.78 is 10.7. The van der Waals surface area contributed by atoms with Gasteiger partial charge < -0.3 is 19.9 Å². The van der Waals surface area contributed by atoms with Crippen LogP contribution in [0.5, 0.6) is 11.5 Å². The van der Waals surface area contributed by atoms with Crippen molar-refractivity contribution in [1.29, 1.82) is 0 Å². The Kier molecular flexibility index (Phi) is 4.30. The average molecular weight is 470 g/mol. The van der Waals surface area contributed by atoms with E-state index in [1.165, 1.54) is 11.8 Å². The molecule has 4 heterocycles. The maximum atomic E-state index is 13.7. The molecule has 10 heteroatoms. The first-order chi connectivity index (χ1) is 15.8. The number of carbonyl (C=O) groups is 3. The topological polar surface area (TPSA) is 117 Å². The number of aliphatic hydroxyl groups excluding tert-OH is 1. The molecule has 2 saturated heterocycles. The third-order valence-corrected chi connectivity index (χ3v) is 7.34. The van der Waals surface area contributed by atoms with Crippen LogP contribution in [0.15, 0.2) is 36.4 Å². The number of fused-ring (bicyclic) bond motifs is 5. The highest BCUT2D eigenvalue weighted by Gasteiger charge is 2.71. The molecule has 0 bridgehead atoms. The number of imide groups is 1. The van der Waals surface area contributed by atoms with Crippen LogP contribution in [0.2, 0.25) is 5.02 Å². The van der Waals surface area contributed by atoms with Crippen LogP contribution in [-0.2, 0) is 26.5 Å². The highest BCUT2D eigenvalue weighted by molar-refractivity contribution is 6.35. The van der Waals surface area contributed by atoms with Crippen molar-refractivity contribution in [2.75, 3.05) is 12.1 Å². The molecule has 1 spiro atoms. The van der Waals surface area contributed by atoms with E-state index in [1.54, 1.807) is 36.4 Å². The van der Waals surface area contributed by atoms with Crippen LogP contribution in [0.25, 0.3) is 0 Å². The van der Waals surface area contributed by atoms with Crippen LogP contribution in [-0.4, -0.2) is 46.7 Å². The van der Waals surface area contributed by atoms with E-state index in [2.05, 4.69) is 10.6 Å². The van der Waals surface area contributed by atoms with E-state index in [-0.39, 0.29) is 13.3 Å². The van der Waals surface area contributed by atoms with Crippen LogP contribution < -0.4 is 20.1 Å². The Bertz CT molecular complexity index is 1230.